The highest BCUT2D eigenvalue weighted by Gasteiger charge is 2.15. The van der Waals surface area contributed by atoms with Crippen LogP contribution in [0.3, 0.4) is 0 Å². The first kappa shape index (κ1) is 10.8. The molecule has 1 aromatic carbocycles. The summed E-state index contributed by atoms with van der Waals surface area (Å²) in [6.07, 6.45) is 1.09. The summed E-state index contributed by atoms with van der Waals surface area (Å²) >= 11 is 0. The second kappa shape index (κ2) is 4.86. The monoisotopic (exact) mass is 217 g/mol. The van der Waals surface area contributed by atoms with Gasteiger partial charge in [-0.2, -0.15) is 5.26 Å². The molecule has 0 aliphatic carbocycles. The van der Waals surface area contributed by atoms with Gasteiger partial charge in [-0.05, 0) is 18.6 Å². The summed E-state index contributed by atoms with van der Waals surface area (Å²) in [5.74, 6) is 0.546. The number of anilines is 2. The zero-order valence-corrected chi connectivity index (χ0v) is 9.07. The molecule has 1 aromatic rings. The topological polar surface area (TPSA) is 71.1 Å². The molecular formula is C12H15N3O. The molecule has 4 heteroatoms. The summed E-state index contributed by atoms with van der Waals surface area (Å²) in [5, 5.41) is 12.1. The van der Waals surface area contributed by atoms with Gasteiger partial charge in [-0.15, -0.1) is 0 Å². The fourth-order valence-electron chi connectivity index (χ4n) is 1.82. The second-order valence-corrected chi connectivity index (χ2v) is 3.99. The molecule has 0 amide bonds. The Morgan fingerprint density at radius 1 is 1.56 bits per heavy atom. The fraction of sp³-hybridized carbons (Fsp3) is 0.417. The third-order valence-electron chi connectivity index (χ3n) is 2.83. The van der Waals surface area contributed by atoms with Gasteiger partial charge in [0.15, 0.2) is 0 Å². The lowest BCUT2D eigenvalue weighted by Crippen LogP contribution is -2.15. The van der Waals surface area contributed by atoms with Crippen LogP contribution >= 0.6 is 0 Å². The molecule has 0 aromatic heterocycles. The molecule has 2 rings (SSSR count). The van der Waals surface area contributed by atoms with Crippen LogP contribution < -0.4 is 11.1 Å². The summed E-state index contributed by atoms with van der Waals surface area (Å²) in [5.41, 5.74) is 7.75. The molecule has 1 heterocycles. The molecule has 0 spiro atoms. The van der Waals surface area contributed by atoms with E-state index in [1.54, 1.807) is 6.07 Å². The molecule has 16 heavy (non-hydrogen) atoms. The summed E-state index contributed by atoms with van der Waals surface area (Å²) < 4.78 is 5.30. The second-order valence-electron chi connectivity index (χ2n) is 3.99. The first-order valence-electron chi connectivity index (χ1n) is 5.41. The Balaban J connectivity index is 2.01. The van der Waals surface area contributed by atoms with Gasteiger partial charge in [0.05, 0.1) is 23.5 Å². The average Bonchev–Trinajstić information content (AvgIpc) is 2.81. The van der Waals surface area contributed by atoms with E-state index in [1.165, 1.54) is 0 Å². The van der Waals surface area contributed by atoms with E-state index in [0.29, 0.717) is 17.2 Å². The number of rotatable bonds is 3. The van der Waals surface area contributed by atoms with Crippen molar-refractivity contribution in [3.63, 3.8) is 0 Å². The van der Waals surface area contributed by atoms with Crippen molar-refractivity contribution in [3.8, 4) is 6.07 Å². The van der Waals surface area contributed by atoms with Crippen molar-refractivity contribution < 1.29 is 4.74 Å². The third kappa shape index (κ3) is 2.26. The Morgan fingerprint density at radius 2 is 2.44 bits per heavy atom. The number of benzene rings is 1. The van der Waals surface area contributed by atoms with E-state index < -0.39 is 0 Å². The molecule has 1 aliphatic rings. The van der Waals surface area contributed by atoms with Crippen LogP contribution in [-0.2, 0) is 4.74 Å². The molecule has 0 bridgehead atoms. The minimum absolute atomic E-state index is 0.521. The smallest absolute Gasteiger partial charge is 0.101 e. The van der Waals surface area contributed by atoms with Gasteiger partial charge >= 0.3 is 0 Å². The molecule has 1 unspecified atom stereocenters. The number of ether oxygens (including phenoxy) is 1. The van der Waals surface area contributed by atoms with Gasteiger partial charge in [0, 0.05) is 19.1 Å². The van der Waals surface area contributed by atoms with Crippen molar-refractivity contribution in [3.05, 3.63) is 23.8 Å². The van der Waals surface area contributed by atoms with E-state index in [0.717, 1.165) is 31.9 Å². The molecule has 0 saturated carbocycles. The van der Waals surface area contributed by atoms with Crippen LogP contribution in [0.15, 0.2) is 18.2 Å². The first-order valence-corrected chi connectivity index (χ1v) is 5.41. The van der Waals surface area contributed by atoms with Gasteiger partial charge in [-0.1, -0.05) is 6.07 Å². The van der Waals surface area contributed by atoms with Crippen molar-refractivity contribution in [1.82, 2.24) is 0 Å². The number of nitrogens with two attached hydrogens (primary N) is 1. The van der Waals surface area contributed by atoms with E-state index in [-0.39, 0.29) is 0 Å². The first-order chi connectivity index (χ1) is 7.81. The van der Waals surface area contributed by atoms with Crippen LogP contribution in [0.1, 0.15) is 12.0 Å². The number of hydrogen-bond acceptors (Lipinski definition) is 4. The van der Waals surface area contributed by atoms with Gasteiger partial charge in [0.2, 0.25) is 0 Å². The Labute approximate surface area is 95.0 Å². The van der Waals surface area contributed by atoms with Crippen molar-refractivity contribution in [2.75, 3.05) is 30.8 Å². The summed E-state index contributed by atoms with van der Waals surface area (Å²) in [4.78, 5) is 0. The SMILES string of the molecule is N#Cc1cccc(NCC2CCOC2)c1N. The number of nitrogens with one attached hydrogen (secondary N) is 1. The molecule has 4 nitrogen and oxygen atoms in total. The zero-order chi connectivity index (χ0) is 11.4. The zero-order valence-electron chi connectivity index (χ0n) is 9.07. The lowest BCUT2D eigenvalue weighted by atomic mass is 10.1. The molecule has 1 saturated heterocycles. The number of nitrogens with zero attached hydrogens (tertiary/aromatic N) is 1. The molecule has 84 valence electrons. The lowest BCUT2D eigenvalue weighted by Gasteiger charge is -2.13. The van der Waals surface area contributed by atoms with Gasteiger partial charge in [-0.25, -0.2) is 0 Å². The number of nitrogen functional groups attached to an aromatic ring is 1. The number of hydrogen-bond donors (Lipinski definition) is 2. The summed E-state index contributed by atoms with van der Waals surface area (Å²) in [6, 6.07) is 7.53. The van der Waals surface area contributed by atoms with Gasteiger partial charge in [0.1, 0.15) is 6.07 Å². The van der Waals surface area contributed by atoms with Crippen molar-refractivity contribution in [2.45, 2.75) is 6.42 Å². The standard InChI is InChI=1S/C12H15N3O/c13-6-10-2-1-3-11(12(10)14)15-7-9-4-5-16-8-9/h1-3,9,15H,4-5,7-8,14H2. The van der Waals surface area contributed by atoms with Crippen LogP contribution in [0.2, 0.25) is 0 Å². The molecule has 1 fully saturated rings. The van der Waals surface area contributed by atoms with Crippen LogP contribution in [0, 0.1) is 17.2 Å². The fourth-order valence-corrected chi connectivity index (χ4v) is 1.82. The minimum atomic E-state index is 0.521. The Kier molecular flexibility index (Phi) is 3.28. The molecule has 1 atom stereocenters. The van der Waals surface area contributed by atoms with Crippen LogP contribution in [0.25, 0.3) is 0 Å². The van der Waals surface area contributed by atoms with Crippen molar-refractivity contribution >= 4 is 11.4 Å². The average molecular weight is 217 g/mol. The van der Waals surface area contributed by atoms with Gasteiger partial charge < -0.3 is 15.8 Å². The highest BCUT2D eigenvalue weighted by molar-refractivity contribution is 5.72. The quantitative estimate of drug-likeness (QED) is 0.754. The van der Waals surface area contributed by atoms with Gasteiger partial charge in [-0.3, -0.25) is 0 Å². The van der Waals surface area contributed by atoms with E-state index in [1.807, 2.05) is 12.1 Å². The Morgan fingerprint density at radius 3 is 3.12 bits per heavy atom. The molecule has 1 aliphatic heterocycles. The summed E-state index contributed by atoms with van der Waals surface area (Å²) in [6.45, 7) is 2.50. The van der Waals surface area contributed by atoms with Gasteiger partial charge in [0.25, 0.3) is 0 Å². The highest BCUT2D eigenvalue weighted by atomic mass is 16.5. The summed E-state index contributed by atoms with van der Waals surface area (Å²) in [7, 11) is 0. The normalized spacial score (nSPS) is 19.3. The van der Waals surface area contributed by atoms with Crippen molar-refractivity contribution in [2.24, 2.45) is 5.92 Å². The molecule has 3 N–H and O–H groups in total. The van der Waals surface area contributed by atoms with Crippen LogP contribution in [-0.4, -0.2) is 19.8 Å². The lowest BCUT2D eigenvalue weighted by molar-refractivity contribution is 0.187. The largest absolute Gasteiger partial charge is 0.396 e. The Bertz CT molecular complexity index is 405. The molecule has 0 radical (unpaired) electrons. The van der Waals surface area contributed by atoms with Crippen LogP contribution in [0.5, 0.6) is 0 Å². The maximum absolute atomic E-state index is 8.84. The maximum Gasteiger partial charge on any atom is 0.101 e. The Hall–Kier alpha value is -1.73. The van der Waals surface area contributed by atoms with Crippen molar-refractivity contribution in [1.29, 1.82) is 5.26 Å². The maximum atomic E-state index is 8.84. The third-order valence-corrected chi connectivity index (χ3v) is 2.83. The van der Waals surface area contributed by atoms with E-state index >= 15 is 0 Å². The number of nitriles is 1. The predicted octanol–water partition coefficient (Wildman–Crippen LogP) is 1.59. The molecular weight excluding hydrogens is 202 g/mol. The van der Waals surface area contributed by atoms with E-state index in [2.05, 4.69) is 11.4 Å². The predicted molar refractivity (Wildman–Crippen MR) is 63.0 cm³/mol. The highest BCUT2D eigenvalue weighted by Crippen LogP contribution is 2.23. The minimum Gasteiger partial charge on any atom is -0.396 e. The van der Waals surface area contributed by atoms with Crippen LogP contribution in [0.4, 0.5) is 11.4 Å². The van der Waals surface area contributed by atoms with E-state index in [4.69, 9.17) is 15.7 Å². The number of para-hydroxylation sites is 1. The van der Waals surface area contributed by atoms with E-state index in [9.17, 15) is 0 Å².